The molecule has 0 unspecified atom stereocenters. The standard InChI is InChI=1S/C12H7FN2O5/c13-8-2-1-5-14-11(8)20-10-6-7(12(16)17)3-4-9(10)15(18)19/h1-6H,(H,16,17). The third kappa shape index (κ3) is 2.69. The topological polar surface area (TPSA) is 103 Å². The van der Waals surface area contributed by atoms with Crippen LogP contribution in [0.5, 0.6) is 11.6 Å². The van der Waals surface area contributed by atoms with Crippen LogP contribution in [0.1, 0.15) is 10.4 Å². The van der Waals surface area contributed by atoms with Gasteiger partial charge in [-0.1, -0.05) is 0 Å². The van der Waals surface area contributed by atoms with Crippen molar-refractivity contribution in [3.63, 3.8) is 0 Å². The van der Waals surface area contributed by atoms with Crippen molar-refractivity contribution in [2.75, 3.05) is 0 Å². The number of hydrogen-bond acceptors (Lipinski definition) is 5. The molecule has 0 aliphatic heterocycles. The highest BCUT2D eigenvalue weighted by atomic mass is 19.1. The highest BCUT2D eigenvalue weighted by molar-refractivity contribution is 5.88. The number of halogens is 1. The van der Waals surface area contributed by atoms with Gasteiger partial charge in [-0.15, -0.1) is 0 Å². The van der Waals surface area contributed by atoms with Gasteiger partial charge in [0.05, 0.1) is 10.5 Å². The number of aromatic nitrogens is 1. The third-order valence-corrected chi connectivity index (χ3v) is 2.33. The smallest absolute Gasteiger partial charge is 0.335 e. The summed E-state index contributed by atoms with van der Waals surface area (Å²) in [7, 11) is 0. The van der Waals surface area contributed by atoms with Crippen LogP contribution in [-0.4, -0.2) is 21.0 Å². The summed E-state index contributed by atoms with van der Waals surface area (Å²) in [6.07, 6.45) is 1.24. The molecule has 8 heteroatoms. The number of benzene rings is 1. The lowest BCUT2D eigenvalue weighted by Crippen LogP contribution is -2.01. The first-order valence-corrected chi connectivity index (χ1v) is 5.29. The summed E-state index contributed by atoms with van der Waals surface area (Å²) in [6, 6.07) is 5.36. The predicted molar refractivity (Wildman–Crippen MR) is 64.3 cm³/mol. The Labute approximate surface area is 111 Å². The molecule has 0 saturated carbocycles. The molecular weight excluding hydrogens is 271 g/mol. The van der Waals surface area contributed by atoms with Crippen molar-refractivity contribution in [3.05, 3.63) is 58.0 Å². The van der Waals surface area contributed by atoms with Gasteiger partial charge < -0.3 is 9.84 Å². The van der Waals surface area contributed by atoms with Crippen molar-refractivity contribution in [2.45, 2.75) is 0 Å². The van der Waals surface area contributed by atoms with Crippen LogP contribution in [0, 0.1) is 15.9 Å². The second-order valence-electron chi connectivity index (χ2n) is 3.64. The molecule has 1 aromatic heterocycles. The van der Waals surface area contributed by atoms with E-state index in [2.05, 4.69) is 4.98 Å². The summed E-state index contributed by atoms with van der Waals surface area (Å²) in [5.74, 6) is -2.97. The Morgan fingerprint density at radius 2 is 2.15 bits per heavy atom. The Balaban J connectivity index is 2.48. The molecule has 0 fully saturated rings. The number of nitro groups is 1. The minimum Gasteiger partial charge on any atom is -0.478 e. The van der Waals surface area contributed by atoms with Gasteiger partial charge in [0, 0.05) is 18.3 Å². The van der Waals surface area contributed by atoms with Crippen LogP contribution >= 0.6 is 0 Å². The maximum Gasteiger partial charge on any atom is 0.335 e. The molecule has 0 saturated heterocycles. The minimum atomic E-state index is -1.29. The van der Waals surface area contributed by atoms with Gasteiger partial charge in [-0.25, -0.2) is 14.2 Å². The first-order valence-electron chi connectivity index (χ1n) is 5.29. The molecule has 2 rings (SSSR count). The molecule has 20 heavy (non-hydrogen) atoms. The largest absolute Gasteiger partial charge is 0.478 e. The second-order valence-corrected chi connectivity index (χ2v) is 3.64. The fourth-order valence-electron chi connectivity index (χ4n) is 1.43. The first-order chi connectivity index (χ1) is 9.49. The van der Waals surface area contributed by atoms with Gasteiger partial charge in [-0.05, 0) is 18.2 Å². The molecule has 7 nitrogen and oxygen atoms in total. The Morgan fingerprint density at radius 3 is 2.75 bits per heavy atom. The zero-order valence-corrected chi connectivity index (χ0v) is 9.82. The summed E-state index contributed by atoms with van der Waals surface area (Å²) in [5.41, 5.74) is -0.706. The Hall–Kier alpha value is -3.03. The molecule has 0 aliphatic rings. The molecule has 1 N–H and O–H groups in total. The van der Waals surface area contributed by atoms with E-state index < -0.39 is 34.0 Å². The Kier molecular flexibility index (Phi) is 3.56. The van der Waals surface area contributed by atoms with Crippen LogP contribution in [0.4, 0.5) is 10.1 Å². The summed E-state index contributed by atoms with van der Waals surface area (Å²) in [6.45, 7) is 0. The predicted octanol–water partition coefficient (Wildman–Crippen LogP) is 2.62. The number of carboxylic acid groups (broad SMARTS) is 1. The van der Waals surface area contributed by atoms with Crippen LogP contribution in [0.25, 0.3) is 0 Å². The molecule has 0 radical (unpaired) electrons. The SMILES string of the molecule is O=C(O)c1ccc([N+](=O)[O-])c(Oc2ncccc2F)c1. The number of nitrogens with zero attached hydrogens (tertiary/aromatic N) is 2. The summed E-state index contributed by atoms with van der Waals surface area (Å²) < 4.78 is 18.4. The van der Waals surface area contributed by atoms with Crippen molar-refractivity contribution >= 4 is 11.7 Å². The molecule has 0 spiro atoms. The number of carboxylic acids is 1. The van der Waals surface area contributed by atoms with E-state index in [0.717, 1.165) is 24.3 Å². The van der Waals surface area contributed by atoms with Gasteiger partial charge in [0.15, 0.2) is 5.82 Å². The molecule has 0 amide bonds. The number of nitro benzene ring substituents is 1. The van der Waals surface area contributed by atoms with Crippen molar-refractivity contribution in [1.82, 2.24) is 4.98 Å². The van der Waals surface area contributed by atoms with Crippen molar-refractivity contribution < 1.29 is 24.0 Å². The van der Waals surface area contributed by atoms with Gasteiger partial charge in [0.2, 0.25) is 5.75 Å². The van der Waals surface area contributed by atoms with Gasteiger partial charge in [-0.3, -0.25) is 10.1 Å². The number of pyridine rings is 1. The normalized spacial score (nSPS) is 10.1. The maximum atomic E-state index is 13.4. The average Bonchev–Trinajstić information content (AvgIpc) is 2.41. The molecule has 1 heterocycles. The fourth-order valence-corrected chi connectivity index (χ4v) is 1.43. The molecule has 0 atom stereocenters. The summed E-state index contributed by atoms with van der Waals surface area (Å²) >= 11 is 0. The van der Waals surface area contributed by atoms with Gasteiger partial charge in [-0.2, -0.15) is 0 Å². The first kappa shape index (κ1) is 13.4. The monoisotopic (exact) mass is 278 g/mol. The van der Waals surface area contributed by atoms with E-state index in [1.165, 1.54) is 12.3 Å². The number of rotatable bonds is 4. The highest BCUT2D eigenvalue weighted by Gasteiger charge is 2.20. The zero-order chi connectivity index (χ0) is 14.7. The van der Waals surface area contributed by atoms with Crippen LogP contribution in [0.15, 0.2) is 36.5 Å². The minimum absolute atomic E-state index is 0.220. The summed E-state index contributed by atoms with van der Waals surface area (Å²) in [5, 5.41) is 19.7. The molecule has 102 valence electrons. The van der Waals surface area contributed by atoms with Crippen LogP contribution < -0.4 is 4.74 Å². The van der Waals surface area contributed by atoms with E-state index in [1.54, 1.807) is 0 Å². The number of hydrogen-bond donors (Lipinski definition) is 1. The number of aromatic carboxylic acids is 1. The molecule has 1 aromatic carbocycles. The van der Waals surface area contributed by atoms with Gasteiger partial charge in [0.1, 0.15) is 0 Å². The molecule has 2 aromatic rings. The van der Waals surface area contributed by atoms with E-state index in [9.17, 15) is 19.3 Å². The zero-order valence-electron chi connectivity index (χ0n) is 9.82. The lowest BCUT2D eigenvalue weighted by atomic mass is 10.2. The van der Waals surface area contributed by atoms with Gasteiger partial charge >= 0.3 is 11.7 Å². The maximum absolute atomic E-state index is 13.4. The van der Waals surface area contributed by atoms with Crippen molar-refractivity contribution in [2.24, 2.45) is 0 Å². The Morgan fingerprint density at radius 1 is 1.40 bits per heavy atom. The molecule has 0 aliphatic carbocycles. The molecule has 0 bridgehead atoms. The lowest BCUT2D eigenvalue weighted by molar-refractivity contribution is -0.385. The highest BCUT2D eigenvalue weighted by Crippen LogP contribution is 2.32. The average molecular weight is 278 g/mol. The van der Waals surface area contributed by atoms with E-state index in [-0.39, 0.29) is 5.56 Å². The lowest BCUT2D eigenvalue weighted by Gasteiger charge is -2.06. The van der Waals surface area contributed by atoms with E-state index in [1.807, 2.05) is 0 Å². The molecular formula is C12H7FN2O5. The van der Waals surface area contributed by atoms with Crippen molar-refractivity contribution in [1.29, 1.82) is 0 Å². The van der Waals surface area contributed by atoms with E-state index in [0.29, 0.717) is 0 Å². The van der Waals surface area contributed by atoms with Crippen molar-refractivity contribution in [3.8, 4) is 11.6 Å². The van der Waals surface area contributed by atoms with E-state index in [4.69, 9.17) is 9.84 Å². The van der Waals surface area contributed by atoms with Gasteiger partial charge in [0.25, 0.3) is 5.88 Å². The second kappa shape index (κ2) is 5.31. The third-order valence-electron chi connectivity index (χ3n) is 2.33. The van der Waals surface area contributed by atoms with Crippen LogP contribution in [-0.2, 0) is 0 Å². The fraction of sp³-hybridized carbons (Fsp3) is 0. The summed E-state index contributed by atoms with van der Waals surface area (Å²) in [4.78, 5) is 24.5. The quantitative estimate of drug-likeness (QED) is 0.681. The van der Waals surface area contributed by atoms with Crippen LogP contribution in [0.3, 0.4) is 0 Å². The van der Waals surface area contributed by atoms with E-state index >= 15 is 0 Å². The van der Waals surface area contributed by atoms with Crippen LogP contribution in [0.2, 0.25) is 0 Å². The Bertz CT molecular complexity index is 689. The number of ether oxygens (including phenoxy) is 1. The number of carbonyl (C=O) groups is 1.